The fourth-order valence-electron chi connectivity index (χ4n) is 1.93. The molecule has 6 nitrogen and oxygen atoms in total. The topological polar surface area (TPSA) is 98.3 Å². The molecule has 0 unspecified atom stereocenters. The molecular formula is C17H11FN4O2. The summed E-state index contributed by atoms with van der Waals surface area (Å²) in [6.45, 7) is 0. The molecule has 0 aliphatic rings. The molecular weight excluding hydrogens is 311 g/mol. The molecule has 0 amide bonds. The van der Waals surface area contributed by atoms with Crippen LogP contribution in [0.1, 0.15) is 10.4 Å². The van der Waals surface area contributed by atoms with Gasteiger partial charge in [0.15, 0.2) is 0 Å². The van der Waals surface area contributed by atoms with E-state index in [1.54, 1.807) is 42.5 Å². The molecule has 1 N–H and O–H groups in total. The molecule has 2 aromatic rings. The molecule has 0 aliphatic carbocycles. The summed E-state index contributed by atoms with van der Waals surface area (Å²) in [6, 6.07) is 14.2. The second kappa shape index (κ2) is 7.52. The molecule has 0 saturated carbocycles. The van der Waals surface area contributed by atoms with Gasteiger partial charge in [-0.1, -0.05) is 18.2 Å². The predicted octanol–water partition coefficient (Wildman–Crippen LogP) is 3.09. The molecule has 2 aromatic carbocycles. The maximum absolute atomic E-state index is 14.0. The SMILES string of the molecule is COC(=O)c1ccc(-c2cccc(NN=C(C#N)C#N)c2)cc1F. The Bertz CT molecular complexity index is 878. The van der Waals surface area contributed by atoms with Crippen LogP contribution in [-0.4, -0.2) is 18.8 Å². The van der Waals surface area contributed by atoms with Gasteiger partial charge in [0.1, 0.15) is 18.0 Å². The summed E-state index contributed by atoms with van der Waals surface area (Å²) >= 11 is 0. The molecule has 0 heterocycles. The highest BCUT2D eigenvalue weighted by Gasteiger charge is 2.13. The predicted molar refractivity (Wildman–Crippen MR) is 85.5 cm³/mol. The van der Waals surface area contributed by atoms with Crippen molar-refractivity contribution in [3.05, 3.63) is 53.8 Å². The van der Waals surface area contributed by atoms with Crippen LogP contribution in [0.25, 0.3) is 11.1 Å². The average Bonchev–Trinajstić information content (AvgIpc) is 2.62. The number of benzene rings is 2. The number of carbonyl (C=O) groups is 1. The number of esters is 1. The first-order valence-electron chi connectivity index (χ1n) is 6.71. The lowest BCUT2D eigenvalue weighted by molar-refractivity contribution is 0.0595. The summed E-state index contributed by atoms with van der Waals surface area (Å²) in [5.74, 6) is -1.43. The van der Waals surface area contributed by atoms with Crippen LogP contribution in [-0.2, 0) is 4.74 Å². The minimum atomic E-state index is -0.746. The Hall–Kier alpha value is -3.71. The summed E-state index contributed by atoms with van der Waals surface area (Å²) in [6.07, 6.45) is 0. The Morgan fingerprint density at radius 2 is 1.88 bits per heavy atom. The molecule has 0 aliphatic heterocycles. The number of halogens is 1. The van der Waals surface area contributed by atoms with E-state index in [-0.39, 0.29) is 11.3 Å². The molecule has 0 saturated heterocycles. The summed E-state index contributed by atoms with van der Waals surface area (Å²) in [5, 5.41) is 20.9. The third kappa shape index (κ3) is 3.73. The highest BCUT2D eigenvalue weighted by molar-refractivity contribution is 6.10. The Balaban J connectivity index is 2.31. The van der Waals surface area contributed by atoms with Crippen molar-refractivity contribution < 1.29 is 13.9 Å². The summed E-state index contributed by atoms with van der Waals surface area (Å²) in [5.41, 5.74) is 3.87. The number of hydrazone groups is 1. The van der Waals surface area contributed by atoms with Gasteiger partial charge in [-0.2, -0.15) is 15.6 Å². The van der Waals surface area contributed by atoms with Crippen LogP contribution >= 0.6 is 0 Å². The van der Waals surface area contributed by atoms with Crippen molar-refractivity contribution in [1.82, 2.24) is 0 Å². The number of carbonyl (C=O) groups excluding carboxylic acids is 1. The number of ether oxygens (including phenoxy) is 1. The number of rotatable bonds is 4. The summed E-state index contributed by atoms with van der Waals surface area (Å²) in [4.78, 5) is 11.4. The molecule has 118 valence electrons. The van der Waals surface area contributed by atoms with Crippen molar-refractivity contribution in [2.75, 3.05) is 12.5 Å². The lowest BCUT2D eigenvalue weighted by Crippen LogP contribution is -2.04. The van der Waals surface area contributed by atoms with Crippen molar-refractivity contribution in [3.63, 3.8) is 0 Å². The molecule has 0 radical (unpaired) electrons. The number of methoxy groups -OCH3 is 1. The van der Waals surface area contributed by atoms with Gasteiger partial charge >= 0.3 is 5.97 Å². The number of nitrogens with zero attached hydrogens (tertiary/aromatic N) is 3. The number of nitrogens with one attached hydrogen (secondary N) is 1. The van der Waals surface area contributed by atoms with Crippen molar-refractivity contribution in [1.29, 1.82) is 10.5 Å². The Morgan fingerprint density at radius 1 is 1.17 bits per heavy atom. The second-order valence-corrected chi connectivity index (χ2v) is 4.56. The third-order valence-corrected chi connectivity index (χ3v) is 3.08. The molecule has 0 aromatic heterocycles. The van der Waals surface area contributed by atoms with E-state index >= 15 is 0 Å². The smallest absolute Gasteiger partial charge is 0.340 e. The first-order valence-corrected chi connectivity index (χ1v) is 6.71. The van der Waals surface area contributed by atoms with E-state index in [1.165, 1.54) is 19.2 Å². The van der Waals surface area contributed by atoms with Gasteiger partial charge in [0.2, 0.25) is 5.71 Å². The number of hydrogen-bond acceptors (Lipinski definition) is 6. The van der Waals surface area contributed by atoms with Gasteiger partial charge in [-0.3, -0.25) is 5.43 Å². The number of anilines is 1. The van der Waals surface area contributed by atoms with E-state index < -0.39 is 11.8 Å². The lowest BCUT2D eigenvalue weighted by atomic mass is 10.0. The van der Waals surface area contributed by atoms with Gasteiger partial charge in [0.25, 0.3) is 0 Å². The Kier molecular flexibility index (Phi) is 5.22. The maximum atomic E-state index is 14.0. The van der Waals surface area contributed by atoms with Gasteiger partial charge in [-0.05, 0) is 35.4 Å². The van der Waals surface area contributed by atoms with Crippen molar-refractivity contribution in [2.45, 2.75) is 0 Å². The van der Waals surface area contributed by atoms with E-state index in [0.29, 0.717) is 16.8 Å². The van der Waals surface area contributed by atoms with Crippen LogP contribution in [0.3, 0.4) is 0 Å². The van der Waals surface area contributed by atoms with Crippen LogP contribution in [0.4, 0.5) is 10.1 Å². The molecule has 0 bridgehead atoms. The van der Waals surface area contributed by atoms with Crippen LogP contribution < -0.4 is 5.43 Å². The Labute approximate surface area is 137 Å². The van der Waals surface area contributed by atoms with E-state index in [0.717, 1.165) is 0 Å². The van der Waals surface area contributed by atoms with Gasteiger partial charge in [-0.15, -0.1) is 0 Å². The van der Waals surface area contributed by atoms with Crippen molar-refractivity contribution in [3.8, 4) is 23.3 Å². The van der Waals surface area contributed by atoms with Crippen LogP contribution in [0, 0.1) is 28.5 Å². The average molecular weight is 322 g/mol. The highest BCUT2D eigenvalue weighted by Crippen LogP contribution is 2.25. The van der Waals surface area contributed by atoms with Gasteiger partial charge in [0, 0.05) is 0 Å². The zero-order chi connectivity index (χ0) is 17.5. The first kappa shape index (κ1) is 16.7. The zero-order valence-electron chi connectivity index (χ0n) is 12.6. The zero-order valence-corrected chi connectivity index (χ0v) is 12.6. The monoisotopic (exact) mass is 322 g/mol. The lowest BCUT2D eigenvalue weighted by Gasteiger charge is -2.07. The van der Waals surface area contributed by atoms with Crippen LogP contribution in [0.5, 0.6) is 0 Å². The van der Waals surface area contributed by atoms with E-state index in [9.17, 15) is 9.18 Å². The quantitative estimate of drug-likeness (QED) is 0.530. The first-order chi connectivity index (χ1) is 11.6. The fraction of sp³-hybridized carbons (Fsp3) is 0.0588. The second-order valence-electron chi connectivity index (χ2n) is 4.56. The molecule has 7 heteroatoms. The largest absolute Gasteiger partial charge is 0.465 e. The fourth-order valence-corrected chi connectivity index (χ4v) is 1.93. The standard InChI is InChI=1S/C17H11FN4O2/c1-24-17(23)15-6-5-12(8-16(15)18)11-3-2-4-13(7-11)21-22-14(9-19)10-20/h2-8,21H,1H3. The van der Waals surface area contributed by atoms with Crippen LogP contribution in [0.15, 0.2) is 47.6 Å². The highest BCUT2D eigenvalue weighted by atomic mass is 19.1. The Morgan fingerprint density at radius 3 is 2.50 bits per heavy atom. The van der Waals surface area contributed by atoms with Crippen molar-refractivity contribution in [2.24, 2.45) is 5.10 Å². The molecule has 24 heavy (non-hydrogen) atoms. The van der Waals surface area contributed by atoms with E-state index in [2.05, 4.69) is 15.3 Å². The van der Waals surface area contributed by atoms with Gasteiger partial charge < -0.3 is 4.74 Å². The minimum absolute atomic E-state index is 0.146. The van der Waals surface area contributed by atoms with E-state index in [1.807, 2.05) is 0 Å². The van der Waals surface area contributed by atoms with E-state index in [4.69, 9.17) is 10.5 Å². The van der Waals surface area contributed by atoms with Gasteiger partial charge in [0.05, 0.1) is 18.4 Å². The number of hydrogen-bond donors (Lipinski definition) is 1. The van der Waals surface area contributed by atoms with Crippen LogP contribution in [0.2, 0.25) is 0 Å². The summed E-state index contributed by atoms with van der Waals surface area (Å²) < 4.78 is 18.5. The molecule has 0 atom stereocenters. The molecule has 0 spiro atoms. The summed E-state index contributed by atoms with van der Waals surface area (Å²) in [7, 11) is 1.18. The maximum Gasteiger partial charge on any atom is 0.340 e. The third-order valence-electron chi connectivity index (χ3n) is 3.08. The molecule has 2 rings (SSSR count). The normalized spacial score (nSPS) is 9.33. The van der Waals surface area contributed by atoms with Gasteiger partial charge in [-0.25, -0.2) is 9.18 Å². The molecule has 0 fully saturated rings. The van der Waals surface area contributed by atoms with Crippen molar-refractivity contribution >= 4 is 17.4 Å². The minimum Gasteiger partial charge on any atom is -0.465 e. The number of nitriles is 2.